The summed E-state index contributed by atoms with van der Waals surface area (Å²) in [4.78, 5) is 0. The van der Waals surface area contributed by atoms with Crippen LogP contribution in [0.5, 0.6) is 0 Å². The predicted octanol–water partition coefficient (Wildman–Crippen LogP) is 4.66. The Morgan fingerprint density at radius 2 is 2.14 bits per heavy atom. The number of fused-ring (bicyclic) bond motifs is 1. The number of hydrogen-bond donors (Lipinski definition) is 1. The molecule has 2 heterocycles. The zero-order chi connectivity index (χ0) is 14.4. The Balaban J connectivity index is 1.83. The molecule has 1 aromatic heterocycles. The minimum atomic E-state index is 0.324. The van der Waals surface area contributed by atoms with Crippen LogP contribution < -0.4 is 5.32 Å². The third-order valence-corrected chi connectivity index (χ3v) is 5.30. The molecule has 3 heteroatoms. The van der Waals surface area contributed by atoms with Gasteiger partial charge in [-0.25, -0.2) is 0 Å². The highest BCUT2D eigenvalue weighted by Gasteiger charge is 2.29. The molecule has 104 valence electrons. The first-order valence-corrected chi connectivity index (χ1v) is 8.21. The average molecular weight is 292 g/mol. The number of thiophene rings is 1. The van der Waals surface area contributed by atoms with Gasteiger partial charge in [-0.05, 0) is 48.1 Å². The highest BCUT2D eigenvalue weighted by Crippen LogP contribution is 2.41. The molecule has 2 nitrogen and oxygen atoms in total. The Morgan fingerprint density at radius 1 is 1.29 bits per heavy atom. The third-order valence-electron chi connectivity index (χ3n) is 4.26. The van der Waals surface area contributed by atoms with Crippen LogP contribution in [0.25, 0.3) is 10.1 Å². The van der Waals surface area contributed by atoms with Crippen LogP contribution in [0.4, 0.5) is 0 Å². The maximum atomic E-state index is 9.24. The maximum absolute atomic E-state index is 9.24. The zero-order valence-electron chi connectivity index (χ0n) is 11.9. The lowest BCUT2D eigenvalue weighted by Gasteiger charge is -2.21. The van der Waals surface area contributed by atoms with Crippen LogP contribution in [0.2, 0.25) is 0 Å². The van der Waals surface area contributed by atoms with Gasteiger partial charge in [0, 0.05) is 17.3 Å². The summed E-state index contributed by atoms with van der Waals surface area (Å²) in [6, 6.07) is 8.32. The minimum absolute atomic E-state index is 0.324. The number of hydrogen-bond acceptors (Lipinski definition) is 3. The van der Waals surface area contributed by atoms with Crippen molar-refractivity contribution >= 4 is 21.4 Å². The van der Waals surface area contributed by atoms with E-state index in [0.29, 0.717) is 5.92 Å². The van der Waals surface area contributed by atoms with E-state index in [4.69, 9.17) is 0 Å². The summed E-state index contributed by atoms with van der Waals surface area (Å²) < 4.78 is 1.11. The number of rotatable bonds is 2. The molecule has 1 aliphatic heterocycles. The molecular weight excluding hydrogens is 276 g/mol. The Bertz CT molecular complexity index is 815. The Morgan fingerprint density at radius 3 is 2.90 bits per heavy atom. The predicted molar refractivity (Wildman–Crippen MR) is 87.0 cm³/mol. The largest absolute Gasteiger partial charge is 0.363 e. The molecule has 4 rings (SSSR count). The average Bonchev–Trinajstić information content (AvgIpc) is 3.25. The van der Waals surface area contributed by atoms with Crippen LogP contribution in [-0.2, 0) is 0 Å². The number of dihydropyridines is 1. The fraction of sp³-hybridized carbons (Fsp3) is 0.278. The summed E-state index contributed by atoms with van der Waals surface area (Å²) in [5.74, 6) is 1.06. The smallest absolute Gasteiger partial charge is 0.101 e. The number of nitriles is 1. The molecule has 2 aromatic rings. The lowest BCUT2D eigenvalue weighted by atomic mass is 9.93. The summed E-state index contributed by atoms with van der Waals surface area (Å²) in [5, 5.41) is 16.2. The maximum Gasteiger partial charge on any atom is 0.101 e. The van der Waals surface area contributed by atoms with Gasteiger partial charge in [0.05, 0.1) is 10.3 Å². The molecule has 0 bridgehead atoms. The first kappa shape index (κ1) is 12.7. The van der Waals surface area contributed by atoms with E-state index in [2.05, 4.69) is 41.9 Å². The summed E-state index contributed by atoms with van der Waals surface area (Å²) in [5.41, 5.74) is 4.73. The van der Waals surface area contributed by atoms with Gasteiger partial charge in [0.25, 0.3) is 0 Å². The van der Waals surface area contributed by atoms with Gasteiger partial charge >= 0.3 is 0 Å². The van der Waals surface area contributed by atoms with Gasteiger partial charge in [0.1, 0.15) is 6.07 Å². The Kier molecular flexibility index (Phi) is 2.87. The van der Waals surface area contributed by atoms with E-state index >= 15 is 0 Å². The fourth-order valence-electron chi connectivity index (χ4n) is 3.06. The topological polar surface area (TPSA) is 35.8 Å². The van der Waals surface area contributed by atoms with Gasteiger partial charge in [-0.1, -0.05) is 24.3 Å². The summed E-state index contributed by atoms with van der Waals surface area (Å²) in [6.07, 6.45) is 7.27. The Hall–Kier alpha value is -2.05. The molecule has 2 aliphatic rings. The second-order valence-electron chi connectivity index (χ2n) is 5.88. The highest BCUT2D eigenvalue weighted by molar-refractivity contribution is 7.17. The molecule has 0 amide bonds. The van der Waals surface area contributed by atoms with Crippen molar-refractivity contribution in [2.75, 3.05) is 0 Å². The number of benzene rings is 1. The second kappa shape index (κ2) is 4.75. The number of allylic oxidation sites excluding steroid dienone is 4. The lowest BCUT2D eigenvalue weighted by molar-refractivity contribution is 0.788. The van der Waals surface area contributed by atoms with Crippen LogP contribution >= 0.6 is 11.3 Å². The minimum Gasteiger partial charge on any atom is -0.363 e. The van der Waals surface area contributed by atoms with Crippen molar-refractivity contribution < 1.29 is 0 Å². The van der Waals surface area contributed by atoms with E-state index in [9.17, 15) is 5.26 Å². The van der Waals surface area contributed by atoms with Gasteiger partial charge in [0.2, 0.25) is 0 Å². The van der Waals surface area contributed by atoms with E-state index in [0.717, 1.165) is 16.2 Å². The van der Waals surface area contributed by atoms with E-state index in [-0.39, 0.29) is 0 Å². The van der Waals surface area contributed by atoms with E-state index in [1.807, 2.05) is 12.1 Å². The van der Waals surface area contributed by atoms with Crippen molar-refractivity contribution in [3.05, 3.63) is 58.3 Å². The van der Waals surface area contributed by atoms with Crippen molar-refractivity contribution in [3.63, 3.8) is 0 Å². The van der Waals surface area contributed by atoms with Gasteiger partial charge in [0.15, 0.2) is 0 Å². The standard InChI is InChI=1S/C18H16N2S/c1-11-7-14(8-17(20-11)12-5-6-12)16-10-21-18-13(9-19)3-2-4-15(16)18/h2-4,7-8,10,12,14,20H,5-6H2,1H3. The highest BCUT2D eigenvalue weighted by atomic mass is 32.1. The van der Waals surface area contributed by atoms with Crippen molar-refractivity contribution in [2.24, 2.45) is 5.92 Å². The number of nitrogens with zero attached hydrogens (tertiary/aromatic N) is 1. The quantitative estimate of drug-likeness (QED) is 0.874. The van der Waals surface area contributed by atoms with Gasteiger partial charge in [-0.2, -0.15) is 5.26 Å². The van der Waals surface area contributed by atoms with Crippen molar-refractivity contribution in [1.29, 1.82) is 5.26 Å². The molecule has 1 aromatic carbocycles. The van der Waals surface area contributed by atoms with Crippen LogP contribution in [0.1, 0.15) is 36.8 Å². The molecule has 1 N–H and O–H groups in total. The molecule has 1 aliphatic carbocycles. The zero-order valence-corrected chi connectivity index (χ0v) is 12.7. The fourth-order valence-corrected chi connectivity index (χ4v) is 4.14. The van der Waals surface area contributed by atoms with Crippen LogP contribution in [-0.4, -0.2) is 0 Å². The molecule has 0 saturated heterocycles. The molecule has 1 unspecified atom stereocenters. The molecule has 0 radical (unpaired) electrons. The van der Waals surface area contributed by atoms with Gasteiger partial charge in [-0.15, -0.1) is 11.3 Å². The van der Waals surface area contributed by atoms with Gasteiger partial charge in [-0.3, -0.25) is 0 Å². The summed E-state index contributed by atoms with van der Waals surface area (Å²) in [6.45, 7) is 2.14. The first-order valence-electron chi connectivity index (χ1n) is 7.33. The van der Waals surface area contributed by atoms with E-state index in [1.165, 1.54) is 35.2 Å². The monoisotopic (exact) mass is 292 g/mol. The molecule has 0 spiro atoms. The molecule has 1 fully saturated rings. The molecule has 21 heavy (non-hydrogen) atoms. The summed E-state index contributed by atoms with van der Waals surface area (Å²) >= 11 is 1.68. The molecular formula is C18H16N2S. The van der Waals surface area contributed by atoms with Crippen molar-refractivity contribution in [1.82, 2.24) is 5.32 Å². The number of nitrogens with one attached hydrogen (secondary N) is 1. The molecule has 1 atom stereocenters. The normalized spacial score (nSPS) is 21.4. The van der Waals surface area contributed by atoms with Crippen LogP contribution in [0.3, 0.4) is 0 Å². The van der Waals surface area contributed by atoms with Crippen LogP contribution in [0.15, 0.2) is 47.1 Å². The Labute approximate surface area is 128 Å². The van der Waals surface area contributed by atoms with Crippen molar-refractivity contribution in [3.8, 4) is 6.07 Å². The van der Waals surface area contributed by atoms with Gasteiger partial charge < -0.3 is 5.32 Å². The third kappa shape index (κ3) is 2.16. The summed E-state index contributed by atoms with van der Waals surface area (Å²) in [7, 11) is 0. The first-order chi connectivity index (χ1) is 10.3. The lowest BCUT2D eigenvalue weighted by Crippen LogP contribution is -2.18. The second-order valence-corrected chi connectivity index (χ2v) is 6.76. The van der Waals surface area contributed by atoms with E-state index < -0.39 is 0 Å². The SMILES string of the molecule is CC1=CC(c2csc3c(C#N)cccc23)C=C(C2CC2)N1. The molecule has 1 saturated carbocycles. The van der Waals surface area contributed by atoms with Crippen LogP contribution in [0, 0.1) is 17.2 Å². The van der Waals surface area contributed by atoms with Crippen molar-refractivity contribution in [2.45, 2.75) is 25.7 Å². The van der Waals surface area contributed by atoms with E-state index in [1.54, 1.807) is 11.3 Å².